The average Bonchev–Trinajstić information content (AvgIpc) is 2.87. The van der Waals surface area contributed by atoms with Gasteiger partial charge in [-0.25, -0.2) is 0 Å². The van der Waals surface area contributed by atoms with Crippen LogP contribution in [0.15, 0.2) is 12.1 Å². The van der Waals surface area contributed by atoms with Gasteiger partial charge in [0.2, 0.25) is 0 Å². The van der Waals surface area contributed by atoms with Gasteiger partial charge in [0.15, 0.2) is 0 Å². The fourth-order valence-electron chi connectivity index (χ4n) is 4.90. The number of ether oxygens (including phenoxy) is 3. The van der Waals surface area contributed by atoms with Crippen LogP contribution in [0.3, 0.4) is 0 Å². The van der Waals surface area contributed by atoms with E-state index in [2.05, 4.69) is 47.6 Å². The molecule has 0 saturated heterocycles. The number of hydrogen-bond acceptors (Lipinski definition) is 4. The summed E-state index contributed by atoms with van der Waals surface area (Å²) >= 11 is 0. The third-order valence-corrected chi connectivity index (χ3v) is 7.19. The Morgan fingerprint density at radius 2 is 0.946 bits per heavy atom. The van der Waals surface area contributed by atoms with E-state index in [4.69, 9.17) is 14.2 Å². The molecule has 3 atom stereocenters. The minimum Gasteiger partial charge on any atom is -0.508 e. The van der Waals surface area contributed by atoms with Gasteiger partial charge in [0.1, 0.15) is 5.75 Å². The molecule has 0 radical (unpaired) electrons. The predicted molar refractivity (Wildman–Crippen MR) is 158 cm³/mol. The van der Waals surface area contributed by atoms with Crippen molar-refractivity contribution >= 4 is 0 Å². The zero-order valence-corrected chi connectivity index (χ0v) is 25.3. The predicted octanol–water partition coefficient (Wildman–Crippen LogP) is 8.98. The Morgan fingerprint density at radius 1 is 0.541 bits per heavy atom. The summed E-state index contributed by atoms with van der Waals surface area (Å²) < 4.78 is 18.5. The van der Waals surface area contributed by atoms with E-state index >= 15 is 0 Å². The molecule has 216 valence electrons. The number of phenolic OH excluding ortho intramolecular Hbond substituents is 1. The Labute approximate surface area is 229 Å². The first-order valence-electron chi connectivity index (χ1n) is 15.6. The van der Waals surface area contributed by atoms with Gasteiger partial charge in [-0.3, -0.25) is 0 Å². The highest BCUT2D eigenvalue weighted by Gasteiger charge is 2.20. The third kappa shape index (κ3) is 15.8. The fourth-order valence-corrected chi connectivity index (χ4v) is 4.90. The van der Waals surface area contributed by atoms with Gasteiger partial charge in [-0.2, -0.15) is 0 Å². The van der Waals surface area contributed by atoms with Gasteiger partial charge < -0.3 is 19.3 Å². The van der Waals surface area contributed by atoms with Crippen molar-refractivity contribution in [2.24, 2.45) is 0 Å². The van der Waals surface area contributed by atoms with Crippen molar-refractivity contribution in [2.75, 3.05) is 19.8 Å². The van der Waals surface area contributed by atoms with E-state index in [1.807, 2.05) is 6.07 Å². The molecule has 37 heavy (non-hydrogen) atoms. The van der Waals surface area contributed by atoms with Crippen LogP contribution in [0.25, 0.3) is 0 Å². The summed E-state index contributed by atoms with van der Waals surface area (Å²) in [5, 5.41) is 10.9. The Hall–Kier alpha value is -1.10. The Kier molecular flexibility index (Phi) is 20.0. The second-order valence-electron chi connectivity index (χ2n) is 11.0. The normalized spacial score (nSPS) is 14.1. The van der Waals surface area contributed by atoms with Crippen LogP contribution in [0.5, 0.6) is 5.75 Å². The number of hydrogen-bond donors (Lipinski definition) is 1. The molecule has 3 unspecified atom stereocenters. The first-order valence-corrected chi connectivity index (χ1v) is 15.6. The zero-order chi connectivity index (χ0) is 27.3. The van der Waals surface area contributed by atoms with Crippen molar-refractivity contribution in [3.8, 4) is 5.75 Å². The summed E-state index contributed by atoms with van der Waals surface area (Å²) in [4.78, 5) is 0. The third-order valence-electron chi connectivity index (χ3n) is 7.19. The molecular weight excluding hydrogens is 460 g/mol. The van der Waals surface area contributed by atoms with Gasteiger partial charge in [-0.05, 0) is 75.6 Å². The van der Waals surface area contributed by atoms with Gasteiger partial charge in [-0.1, -0.05) is 84.6 Å². The second kappa shape index (κ2) is 21.8. The van der Waals surface area contributed by atoms with E-state index in [9.17, 15) is 5.11 Å². The summed E-state index contributed by atoms with van der Waals surface area (Å²) in [6.45, 7) is 15.6. The maximum absolute atomic E-state index is 10.9. The minimum absolute atomic E-state index is 0.0685. The molecule has 1 aromatic carbocycles. The van der Waals surface area contributed by atoms with Crippen molar-refractivity contribution < 1.29 is 19.3 Å². The molecule has 0 aliphatic heterocycles. The molecule has 0 aliphatic carbocycles. The molecule has 0 amide bonds. The lowest BCUT2D eigenvalue weighted by atomic mass is 9.90. The van der Waals surface area contributed by atoms with Crippen molar-refractivity contribution in [3.05, 3.63) is 28.8 Å². The molecule has 0 aliphatic rings. The molecule has 0 fully saturated rings. The van der Waals surface area contributed by atoms with E-state index in [1.165, 1.54) is 68.9 Å². The van der Waals surface area contributed by atoms with Gasteiger partial charge in [0.25, 0.3) is 0 Å². The first kappa shape index (κ1) is 33.9. The van der Waals surface area contributed by atoms with Crippen LogP contribution >= 0.6 is 0 Å². The van der Waals surface area contributed by atoms with Crippen LogP contribution in [-0.4, -0.2) is 43.2 Å². The van der Waals surface area contributed by atoms with Crippen LogP contribution in [-0.2, 0) is 33.5 Å². The highest BCUT2D eigenvalue weighted by molar-refractivity contribution is 5.45. The van der Waals surface area contributed by atoms with E-state index in [-0.39, 0.29) is 18.3 Å². The molecule has 1 aromatic rings. The largest absolute Gasteiger partial charge is 0.508 e. The number of phenols is 1. The summed E-state index contributed by atoms with van der Waals surface area (Å²) in [6.07, 6.45) is 17.3. The standard InChI is InChI=1S/C33H60O4/c1-7-10-13-16-21-35-27(4)24-30-19-20-33(34)32(26-29(6)37-23-18-15-12-9-3)31(30)25-28(5)36-22-17-14-11-8-2/h19-20,27-29,34H,7-18,21-26H2,1-6H3. The maximum Gasteiger partial charge on any atom is 0.119 e. The van der Waals surface area contributed by atoms with E-state index in [0.717, 1.165) is 63.9 Å². The highest BCUT2D eigenvalue weighted by atomic mass is 16.5. The van der Waals surface area contributed by atoms with Crippen molar-refractivity contribution in [1.29, 1.82) is 0 Å². The molecular formula is C33H60O4. The van der Waals surface area contributed by atoms with Gasteiger partial charge in [0, 0.05) is 26.2 Å². The molecule has 0 bridgehead atoms. The quantitative estimate of drug-likeness (QED) is 0.138. The van der Waals surface area contributed by atoms with Crippen LogP contribution in [0, 0.1) is 0 Å². The summed E-state index contributed by atoms with van der Waals surface area (Å²) in [5.41, 5.74) is 3.52. The summed E-state index contributed by atoms with van der Waals surface area (Å²) in [6, 6.07) is 3.96. The SMILES string of the molecule is CCCCCCOC(C)Cc1ccc(O)c(CC(C)OCCCCCC)c1CC(C)OCCCCCC. The van der Waals surface area contributed by atoms with E-state index < -0.39 is 0 Å². The highest BCUT2D eigenvalue weighted by Crippen LogP contribution is 2.30. The average molecular weight is 521 g/mol. The number of rotatable bonds is 24. The molecule has 0 saturated carbocycles. The minimum atomic E-state index is 0.0685. The van der Waals surface area contributed by atoms with Crippen molar-refractivity contribution in [1.82, 2.24) is 0 Å². The molecule has 0 spiro atoms. The summed E-state index contributed by atoms with van der Waals surface area (Å²) in [5.74, 6) is 0.378. The van der Waals surface area contributed by atoms with Gasteiger partial charge >= 0.3 is 0 Å². The maximum atomic E-state index is 10.9. The Morgan fingerprint density at radius 3 is 1.38 bits per heavy atom. The van der Waals surface area contributed by atoms with Crippen molar-refractivity contribution in [3.63, 3.8) is 0 Å². The zero-order valence-electron chi connectivity index (χ0n) is 25.3. The molecule has 0 aromatic heterocycles. The molecule has 1 N–H and O–H groups in total. The van der Waals surface area contributed by atoms with Gasteiger partial charge in [-0.15, -0.1) is 0 Å². The van der Waals surface area contributed by atoms with E-state index in [1.54, 1.807) is 0 Å². The second-order valence-corrected chi connectivity index (χ2v) is 11.0. The van der Waals surface area contributed by atoms with E-state index in [0.29, 0.717) is 5.75 Å². The van der Waals surface area contributed by atoms with Crippen LogP contribution in [0.4, 0.5) is 0 Å². The lowest BCUT2D eigenvalue weighted by Crippen LogP contribution is -2.20. The van der Waals surface area contributed by atoms with Crippen LogP contribution in [0.2, 0.25) is 0 Å². The number of benzene rings is 1. The molecule has 4 nitrogen and oxygen atoms in total. The Bertz CT molecular complexity index is 675. The summed E-state index contributed by atoms with van der Waals surface area (Å²) in [7, 11) is 0. The molecule has 4 heteroatoms. The smallest absolute Gasteiger partial charge is 0.119 e. The van der Waals surface area contributed by atoms with Crippen LogP contribution < -0.4 is 0 Å². The lowest BCUT2D eigenvalue weighted by Gasteiger charge is -2.24. The molecule has 1 rings (SSSR count). The number of aromatic hydroxyl groups is 1. The van der Waals surface area contributed by atoms with Crippen LogP contribution in [0.1, 0.15) is 135 Å². The first-order chi connectivity index (χ1) is 17.9. The van der Waals surface area contributed by atoms with Gasteiger partial charge in [0.05, 0.1) is 18.3 Å². The molecule has 0 heterocycles. The van der Waals surface area contributed by atoms with Crippen molar-refractivity contribution in [2.45, 2.75) is 156 Å². The lowest BCUT2D eigenvalue weighted by molar-refractivity contribution is 0.0575. The monoisotopic (exact) mass is 520 g/mol. The topological polar surface area (TPSA) is 47.9 Å². The fraction of sp³-hybridized carbons (Fsp3) is 0.818. The Balaban J connectivity index is 2.89. The number of unbranched alkanes of at least 4 members (excludes halogenated alkanes) is 9.